The van der Waals surface area contributed by atoms with Crippen molar-refractivity contribution >= 4 is 135 Å². The number of benzene rings is 2. The van der Waals surface area contributed by atoms with Crippen molar-refractivity contribution in [2.45, 2.75) is 222 Å². The van der Waals surface area contributed by atoms with Crippen molar-refractivity contribution in [3.05, 3.63) is 71.9 Å². The van der Waals surface area contributed by atoms with E-state index in [0.29, 0.717) is 34.9 Å². The molecule has 1 heterocycles. The summed E-state index contributed by atoms with van der Waals surface area (Å²) in [5, 5.41) is 71.7. The highest BCUT2D eigenvalue weighted by Crippen LogP contribution is 2.21. The summed E-state index contributed by atoms with van der Waals surface area (Å²) < 4.78 is 0. The molecule has 44 nitrogen and oxygen atoms in total. The van der Waals surface area contributed by atoms with E-state index < -0.39 is 217 Å². The van der Waals surface area contributed by atoms with Crippen LogP contribution in [0, 0.1) is 22.1 Å². The molecule has 0 saturated heterocycles. The molecule has 15 amide bonds. The highest BCUT2D eigenvalue weighted by molar-refractivity contribution is 7.98. The molecule has 670 valence electrons. The van der Waals surface area contributed by atoms with Crippen molar-refractivity contribution in [2.75, 3.05) is 44.7 Å². The number of aliphatic carboxylic acids is 1. The molecule has 0 aliphatic heterocycles. The van der Waals surface area contributed by atoms with Gasteiger partial charge in [-0.25, -0.2) is 0 Å². The summed E-state index contributed by atoms with van der Waals surface area (Å²) in [6.45, 7) is 4.59. The second kappa shape index (κ2) is 55.4. The number of aromatic amines is 1. The second-order valence-corrected chi connectivity index (χ2v) is 30.1. The van der Waals surface area contributed by atoms with Crippen LogP contribution >= 0.6 is 11.8 Å². The number of hydrogen-bond donors (Lipinski definition) is 28. The van der Waals surface area contributed by atoms with E-state index in [4.69, 9.17) is 62.1 Å². The molecule has 0 saturated carbocycles. The van der Waals surface area contributed by atoms with Gasteiger partial charge in [-0.2, -0.15) is 11.8 Å². The average Bonchev–Trinajstić information content (AvgIpc) is 1.72. The Balaban J connectivity index is 2.07. The standard InChI is InChI=1S/C76H123N27O17S/c1-41(2)61(73(120)100-52(25-16-35-90-76(86)87)63(110)93-47(62(81)109)27-29-60(107)108)103-69(116)49(22-11-13-32-78)94-65(112)50(23-14-33-88-74(82)83)96-68(115)54(30-36-121-4)99-72(119)57(39-59(80)106)102-66(113)51(24-15-34-89-75(84)85)95-64(111)48(21-10-12-31-77)97-71(118)56(38-44-40-91-46-20-9-8-19-45(44)46)101-67(114)53(26-28-58(79)105)98-70(117)55(92-42(3)104)37-43-17-6-5-7-18-43/h5-9,17-20,40-41,47-57,61,91H,10-16,21-39,77-78H2,1-4H3,(H2,79,105)(H2,80,106)(H2,81,109)(H,92,104)(H,93,110)(H,94,112)(H,95,111)(H,96,115)(H,97,118)(H,98,117)(H,99,119)(H,100,120)(H,101,114)(H,102,113)(H,103,116)(H,107,108)(H4,82,83,88)(H4,84,85,89)(H4,86,87,90)/t47-,48-,49?,50-,51?,52?,53-,54?,55?,56?,57-,61-/m0/s1. The van der Waals surface area contributed by atoms with E-state index >= 15 is 4.79 Å². The number of nitrogens with one attached hydrogen (secondary N) is 19. The van der Waals surface area contributed by atoms with Crippen LogP contribution in [0.15, 0.2) is 60.8 Å². The Morgan fingerprint density at radius 3 is 1.17 bits per heavy atom. The van der Waals surface area contributed by atoms with E-state index in [9.17, 15) is 77.0 Å². The molecular formula is C76H123N27O17S. The van der Waals surface area contributed by atoms with Gasteiger partial charge in [0, 0.05) is 69.3 Å². The van der Waals surface area contributed by atoms with Crippen molar-refractivity contribution in [2.24, 2.45) is 51.8 Å². The molecule has 0 bridgehead atoms. The van der Waals surface area contributed by atoms with Gasteiger partial charge in [0.25, 0.3) is 0 Å². The number of primary amides is 3. The first-order chi connectivity index (χ1) is 57.4. The first-order valence-corrected chi connectivity index (χ1v) is 41.2. The lowest BCUT2D eigenvalue weighted by molar-refractivity contribution is -0.138. The minimum absolute atomic E-state index is 0.00946. The minimum Gasteiger partial charge on any atom is -0.481 e. The van der Waals surface area contributed by atoms with E-state index in [1.165, 1.54) is 18.7 Å². The Kier molecular flexibility index (Phi) is 47.0. The van der Waals surface area contributed by atoms with Crippen molar-refractivity contribution in [1.82, 2.24) is 84.7 Å². The summed E-state index contributed by atoms with van der Waals surface area (Å²) in [5.41, 5.74) is 46.8. The number of amides is 15. The van der Waals surface area contributed by atoms with Crippen LogP contribution in [0.25, 0.3) is 10.9 Å². The Morgan fingerprint density at radius 2 is 0.769 bits per heavy atom. The van der Waals surface area contributed by atoms with Crippen molar-refractivity contribution in [1.29, 1.82) is 16.2 Å². The number of nitrogens with two attached hydrogens (primary N) is 8. The zero-order valence-electron chi connectivity index (χ0n) is 68.7. The van der Waals surface area contributed by atoms with Crippen LogP contribution in [-0.2, 0) is 89.6 Å². The SMILES string of the molecule is CSCCC(NC(=O)[C@H](CC(N)=O)NC(=O)C(CCCNC(=N)N)NC(=O)[C@H](CCCCN)NC(=O)C(Cc1c[nH]c2ccccc12)NC(=O)[C@H](CCC(N)=O)NC(=O)C(Cc1ccccc1)NC(C)=O)C(=O)N[C@@H](CCCNC(=N)N)C(=O)NC(CCCCN)C(=O)N[C@H](C(=O)NC(CCCNC(=N)N)C(=O)N[C@@H](CCC(=O)O)C(N)=O)C(C)C. The number of rotatable bonds is 60. The van der Waals surface area contributed by atoms with Gasteiger partial charge in [-0.15, -0.1) is 0 Å². The largest absolute Gasteiger partial charge is 0.481 e. The quantitative estimate of drug-likeness (QED) is 0.0142. The Bertz CT molecular complexity index is 4010. The summed E-state index contributed by atoms with van der Waals surface area (Å²) in [4.78, 5) is 225. The van der Waals surface area contributed by atoms with Crippen LogP contribution < -0.4 is 126 Å². The molecule has 3 aromatic rings. The van der Waals surface area contributed by atoms with Crippen LogP contribution in [0.4, 0.5) is 0 Å². The van der Waals surface area contributed by atoms with E-state index in [1.54, 1.807) is 80.9 Å². The lowest BCUT2D eigenvalue weighted by atomic mass is 10.00. The van der Waals surface area contributed by atoms with Gasteiger partial charge in [0.05, 0.1) is 6.42 Å². The van der Waals surface area contributed by atoms with Crippen molar-refractivity contribution in [3.63, 3.8) is 0 Å². The molecular weight excluding hydrogens is 1600 g/mol. The summed E-state index contributed by atoms with van der Waals surface area (Å²) in [6, 6.07) is -2.67. The number of carboxylic acid groups (broad SMARTS) is 1. The fourth-order valence-electron chi connectivity index (χ4n) is 12.5. The maximum absolute atomic E-state index is 15.1. The molecule has 45 heteroatoms. The third-order valence-electron chi connectivity index (χ3n) is 18.9. The molecule has 2 aromatic carbocycles. The molecule has 0 fully saturated rings. The van der Waals surface area contributed by atoms with Gasteiger partial charge in [0.15, 0.2) is 17.9 Å². The van der Waals surface area contributed by atoms with E-state index in [-0.39, 0.29) is 128 Å². The highest BCUT2D eigenvalue weighted by atomic mass is 32.2. The monoisotopic (exact) mass is 1720 g/mol. The first kappa shape index (κ1) is 103. The number of carbonyl (C=O) groups excluding carboxylic acids is 15. The number of para-hydroxylation sites is 1. The molecule has 1 aromatic heterocycles. The summed E-state index contributed by atoms with van der Waals surface area (Å²) in [7, 11) is 0. The molecule has 36 N–H and O–H groups in total. The molecule has 12 atom stereocenters. The smallest absolute Gasteiger partial charge is 0.303 e. The summed E-state index contributed by atoms with van der Waals surface area (Å²) in [5.74, 6) is -17.5. The van der Waals surface area contributed by atoms with Crippen molar-refractivity contribution in [3.8, 4) is 0 Å². The topological polar surface area (TPSA) is 769 Å². The molecule has 3 rings (SSSR count). The second-order valence-electron chi connectivity index (χ2n) is 29.2. The zero-order valence-corrected chi connectivity index (χ0v) is 69.5. The number of carboxylic acids is 1. The molecule has 0 radical (unpaired) electrons. The Labute approximate surface area is 705 Å². The normalized spacial score (nSPS) is 14.0. The predicted octanol–water partition coefficient (Wildman–Crippen LogP) is -6.26. The van der Waals surface area contributed by atoms with E-state index in [2.05, 4.69) is 84.7 Å². The number of unbranched alkanes of at least 4 members (excludes halogenated alkanes) is 2. The van der Waals surface area contributed by atoms with Gasteiger partial charge >= 0.3 is 5.97 Å². The summed E-state index contributed by atoms with van der Waals surface area (Å²) in [6.07, 6.45) is 0.528. The fraction of sp³-hybridized carbons (Fsp3) is 0.566. The number of aromatic nitrogens is 1. The number of H-pyrrole nitrogens is 1. The zero-order chi connectivity index (χ0) is 90.3. The lowest BCUT2D eigenvalue weighted by Gasteiger charge is -2.29. The Morgan fingerprint density at radius 1 is 0.405 bits per heavy atom. The third kappa shape index (κ3) is 40.3. The van der Waals surface area contributed by atoms with Crippen LogP contribution in [-0.4, -0.2) is 240 Å². The van der Waals surface area contributed by atoms with Crippen LogP contribution in [0.1, 0.15) is 147 Å². The first-order valence-electron chi connectivity index (χ1n) is 39.8. The minimum atomic E-state index is -1.90. The lowest BCUT2D eigenvalue weighted by Crippen LogP contribution is -2.61. The fourth-order valence-corrected chi connectivity index (χ4v) is 12.9. The number of guanidine groups is 3. The van der Waals surface area contributed by atoms with Gasteiger partial charge in [-0.05, 0) is 145 Å². The van der Waals surface area contributed by atoms with Gasteiger partial charge < -0.3 is 136 Å². The molecule has 6 unspecified atom stereocenters. The maximum Gasteiger partial charge on any atom is 0.303 e. The molecule has 0 spiro atoms. The molecule has 121 heavy (non-hydrogen) atoms. The maximum atomic E-state index is 15.1. The molecule has 0 aliphatic carbocycles. The Hall–Kier alpha value is -12.4. The average molecular weight is 1720 g/mol. The van der Waals surface area contributed by atoms with Crippen LogP contribution in [0.2, 0.25) is 0 Å². The number of fused-ring (bicyclic) bond motifs is 1. The van der Waals surface area contributed by atoms with Crippen molar-refractivity contribution < 1.29 is 81.8 Å². The van der Waals surface area contributed by atoms with E-state index in [0.717, 1.165) is 0 Å². The van der Waals surface area contributed by atoms with Gasteiger partial charge in [0.2, 0.25) is 88.6 Å². The highest BCUT2D eigenvalue weighted by Gasteiger charge is 2.39. The number of carbonyl (C=O) groups is 16. The summed E-state index contributed by atoms with van der Waals surface area (Å²) >= 11 is 1.24. The molecule has 0 aliphatic rings. The number of hydrogen-bond acceptors (Lipinski definition) is 22. The third-order valence-corrected chi connectivity index (χ3v) is 19.5. The van der Waals surface area contributed by atoms with Crippen LogP contribution in [0.5, 0.6) is 0 Å². The van der Waals surface area contributed by atoms with Gasteiger partial charge in [0.1, 0.15) is 72.5 Å². The van der Waals surface area contributed by atoms with Crippen LogP contribution in [0.3, 0.4) is 0 Å². The van der Waals surface area contributed by atoms with E-state index in [1.807, 2.05) is 0 Å². The van der Waals surface area contributed by atoms with Gasteiger partial charge in [-0.3, -0.25) is 92.9 Å². The number of thioether (sulfide) groups is 1. The van der Waals surface area contributed by atoms with Gasteiger partial charge in [-0.1, -0.05) is 62.4 Å². The predicted molar refractivity (Wildman–Crippen MR) is 450 cm³/mol.